The first-order chi connectivity index (χ1) is 7.94. The third-order valence-corrected chi connectivity index (χ3v) is 3.85. The Balaban J connectivity index is 2.67. The Kier molecular flexibility index (Phi) is 4.51. The highest BCUT2D eigenvalue weighted by Gasteiger charge is 2.15. The minimum absolute atomic E-state index is 0.133. The molecule has 17 heavy (non-hydrogen) atoms. The zero-order chi connectivity index (χ0) is 12.9. The van der Waals surface area contributed by atoms with Crippen LogP contribution in [0.25, 0.3) is 0 Å². The van der Waals surface area contributed by atoms with Crippen LogP contribution in [0.4, 0.5) is 5.69 Å². The van der Waals surface area contributed by atoms with Gasteiger partial charge in [-0.2, -0.15) is 0 Å². The summed E-state index contributed by atoms with van der Waals surface area (Å²) in [7, 11) is -2.12. The molecule has 0 heterocycles. The standard InChI is InChI=1S/C11H15NO4S/c1-16-11(13)6-7-17(14,15)8-9-4-2-3-5-10(9)12/h2-5H,6-8,12H2,1H3. The predicted octanol–water partition coefficient (Wildman–Crippen LogP) is 0.747. The molecule has 0 aliphatic carbocycles. The number of benzene rings is 1. The van der Waals surface area contributed by atoms with Gasteiger partial charge in [-0.15, -0.1) is 0 Å². The van der Waals surface area contributed by atoms with Crippen molar-refractivity contribution in [3.8, 4) is 0 Å². The first-order valence-electron chi connectivity index (χ1n) is 5.05. The maximum atomic E-state index is 11.7. The van der Waals surface area contributed by atoms with Crippen molar-refractivity contribution in [2.45, 2.75) is 12.2 Å². The van der Waals surface area contributed by atoms with Gasteiger partial charge in [0.2, 0.25) is 0 Å². The molecule has 0 aliphatic heterocycles. The molecule has 5 nitrogen and oxygen atoms in total. The number of hydrogen-bond acceptors (Lipinski definition) is 5. The average Bonchev–Trinajstić information content (AvgIpc) is 2.29. The van der Waals surface area contributed by atoms with Crippen molar-refractivity contribution in [1.29, 1.82) is 0 Å². The van der Waals surface area contributed by atoms with E-state index >= 15 is 0 Å². The van der Waals surface area contributed by atoms with E-state index in [0.29, 0.717) is 11.3 Å². The normalized spacial score (nSPS) is 11.1. The lowest BCUT2D eigenvalue weighted by molar-refractivity contribution is -0.140. The second-order valence-corrected chi connectivity index (χ2v) is 5.80. The minimum atomic E-state index is -3.34. The Morgan fingerprint density at radius 3 is 2.59 bits per heavy atom. The molecule has 0 atom stereocenters. The third kappa shape index (κ3) is 4.44. The van der Waals surface area contributed by atoms with Gasteiger partial charge in [0.15, 0.2) is 9.84 Å². The number of hydrogen-bond donors (Lipinski definition) is 1. The van der Waals surface area contributed by atoms with Crippen LogP contribution < -0.4 is 5.73 Å². The van der Waals surface area contributed by atoms with Crippen LogP contribution in [0.2, 0.25) is 0 Å². The molecule has 94 valence electrons. The van der Waals surface area contributed by atoms with E-state index in [-0.39, 0.29) is 17.9 Å². The molecule has 0 spiro atoms. The number of sulfone groups is 1. The van der Waals surface area contributed by atoms with Gasteiger partial charge < -0.3 is 10.5 Å². The first kappa shape index (κ1) is 13.5. The van der Waals surface area contributed by atoms with E-state index < -0.39 is 15.8 Å². The lowest BCUT2D eigenvalue weighted by Crippen LogP contribution is -2.14. The molecule has 0 saturated heterocycles. The number of nitrogens with two attached hydrogens (primary N) is 1. The number of methoxy groups -OCH3 is 1. The van der Waals surface area contributed by atoms with Crippen LogP contribution in [0.3, 0.4) is 0 Å². The monoisotopic (exact) mass is 257 g/mol. The van der Waals surface area contributed by atoms with Gasteiger partial charge in [0.25, 0.3) is 0 Å². The molecular weight excluding hydrogens is 242 g/mol. The number of carbonyl (C=O) groups excluding carboxylic acids is 1. The van der Waals surface area contributed by atoms with Crippen LogP contribution >= 0.6 is 0 Å². The third-order valence-electron chi connectivity index (χ3n) is 2.28. The summed E-state index contributed by atoms with van der Waals surface area (Å²) in [5.74, 6) is -0.917. The average molecular weight is 257 g/mol. The Labute approximate surface area is 100 Å². The van der Waals surface area contributed by atoms with Gasteiger partial charge in [0.05, 0.1) is 25.0 Å². The van der Waals surface area contributed by atoms with E-state index in [1.807, 2.05) is 0 Å². The van der Waals surface area contributed by atoms with Gasteiger partial charge in [0, 0.05) is 5.69 Å². The van der Waals surface area contributed by atoms with Gasteiger partial charge in [-0.25, -0.2) is 8.42 Å². The first-order valence-corrected chi connectivity index (χ1v) is 6.87. The molecule has 0 aromatic heterocycles. The van der Waals surface area contributed by atoms with Crippen molar-refractivity contribution in [3.05, 3.63) is 29.8 Å². The van der Waals surface area contributed by atoms with Crippen molar-refractivity contribution in [3.63, 3.8) is 0 Å². The van der Waals surface area contributed by atoms with Crippen molar-refractivity contribution < 1.29 is 17.9 Å². The van der Waals surface area contributed by atoms with E-state index in [1.54, 1.807) is 24.3 Å². The fourth-order valence-corrected chi connectivity index (χ4v) is 2.67. The molecule has 0 aliphatic rings. The van der Waals surface area contributed by atoms with Gasteiger partial charge in [-0.1, -0.05) is 18.2 Å². The molecule has 1 aromatic carbocycles. The van der Waals surface area contributed by atoms with Crippen LogP contribution in [0, 0.1) is 0 Å². The Bertz CT molecular complexity index is 496. The van der Waals surface area contributed by atoms with Crippen LogP contribution in [0.1, 0.15) is 12.0 Å². The summed E-state index contributed by atoms with van der Waals surface area (Å²) in [6, 6.07) is 6.76. The topological polar surface area (TPSA) is 86.5 Å². The summed E-state index contributed by atoms with van der Waals surface area (Å²) in [5, 5.41) is 0. The zero-order valence-corrected chi connectivity index (χ0v) is 10.4. The van der Waals surface area contributed by atoms with E-state index in [9.17, 15) is 13.2 Å². The quantitative estimate of drug-likeness (QED) is 0.621. The number of anilines is 1. The molecule has 2 N–H and O–H groups in total. The van der Waals surface area contributed by atoms with Crippen LogP contribution in [0.5, 0.6) is 0 Å². The lowest BCUT2D eigenvalue weighted by atomic mass is 10.2. The van der Waals surface area contributed by atoms with E-state index in [1.165, 1.54) is 7.11 Å². The number of para-hydroxylation sites is 1. The van der Waals surface area contributed by atoms with Crippen molar-refractivity contribution in [1.82, 2.24) is 0 Å². The summed E-state index contributed by atoms with van der Waals surface area (Å²) in [4.78, 5) is 10.9. The molecule has 1 aromatic rings. The Morgan fingerprint density at radius 2 is 2.00 bits per heavy atom. The van der Waals surface area contributed by atoms with Crippen LogP contribution in [0.15, 0.2) is 24.3 Å². The molecule has 0 bridgehead atoms. The van der Waals surface area contributed by atoms with Crippen molar-refractivity contribution in [2.24, 2.45) is 0 Å². The number of ether oxygens (including phenoxy) is 1. The van der Waals surface area contributed by atoms with Gasteiger partial charge in [-0.3, -0.25) is 4.79 Å². The summed E-state index contributed by atoms with van der Waals surface area (Å²) in [5.41, 5.74) is 6.65. The van der Waals surface area contributed by atoms with Crippen molar-refractivity contribution in [2.75, 3.05) is 18.6 Å². The maximum Gasteiger partial charge on any atom is 0.306 e. The number of esters is 1. The second kappa shape index (κ2) is 5.67. The fourth-order valence-electron chi connectivity index (χ4n) is 1.32. The van der Waals surface area contributed by atoms with Gasteiger partial charge in [0.1, 0.15) is 0 Å². The zero-order valence-electron chi connectivity index (χ0n) is 9.55. The van der Waals surface area contributed by atoms with Crippen LogP contribution in [-0.4, -0.2) is 27.2 Å². The smallest absolute Gasteiger partial charge is 0.306 e. The second-order valence-electron chi connectivity index (χ2n) is 3.62. The molecule has 0 unspecified atom stereocenters. The van der Waals surface area contributed by atoms with E-state index in [4.69, 9.17) is 5.73 Å². The van der Waals surface area contributed by atoms with Gasteiger partial charge in [-0.05, 0) is 11.6 Å². The molecule has 1 rings (SSSR count). The summed E-state index contributed by atoms with van der Waals surface area (Å²) >= 11 is 0. The highest BCUT2D eigenvalue weighted by atomic mass is 32.2. The fraction of sp³-hybridized carbons (Fsp3) is 0.364. The van der Waals surface area contributed by atoms with E-state index in [2.05, 4.69) is 4.74 Å². The maximum absolute atomic E-state index is 11.7. The lowest BCUT2D eigenvalue weighted by Gasteiger charge is -2.06. The molecule has 6 heteroatoms. The highest BCUT2D eigenvalue weighted by molar-refractivity contribution is 7.90. The number of nitrogen functional groups attached to an aromatic ring is 1. The molecular formula is C11H15NO4S. The summed E-state index contributed by atoms with van der Waals surface area (Å²) in [6.45, 7) is 0. The minimum Gasteiger partial charge on any atom is -0.469 e. The van der Waals surface area contributed by atoms with Crippen LogP contribution in [-0.2, 0) is 25.1 Å². The molecule has 0 radical (unpaired) electrons. The summed E-state index contributed by atoms with van der Waals surface area (Å²) in [6.07, 6.45) is -0.133. The molecule has 0 saturated carbocycles. The largest absolute Gasteiger partial charge is 0.469 e. The Hall–Kier alpha value is -1.56. The van der Waals surface area contributed by atoms with Gasteiger partial charge >= 0.3 is 5.97 Å². The predicted molar refractivity (Wildman–Crippen MR) is 65.0 cm³/mol. The SMILES string of the molecule is COC(=O)CCS(=O)(=O)Cc1ccccc1N. The van der Waals surface area contributed by atoms with E-state index in [0.717, 1.165) is 0 Å². The highest BCUT2D eigenvalue weighted by Crippen LogP contribution is 2.15. The summed E-state index contributed by atoms with van der Waals surface area (Å²) < 4.78 is 27.8. The van der Waals surface area contributed by atoms with Crippen molar-refractivity contribution >= 4 is 21.5 Å². The Morgan fingerprint density at radius 1 is 1.35 bits per heavy atom. The number of rotatable bonds is 5. The molecule has 0 fully saturated rings. The number of carbonyl (C=O) groups is 1. The molecule has 0 amide bonds.